The summed E-state index contributed by atoms with van der Waals surface area (Å²) in [5.41, 5.74) is 0.415. The molecule has 2 heteroatoms. The van der Waals surface area contributed by atoms with Gasteiger partial charge in [-0.25, -0.2) is 0 Å². The van der Waals surface area contributed by atoms with Crippen molar-refractivity contribution in [1.29, 1.82) is 5.41 Å². The first kappa shape index (κ1) is 14.6. The predicted octanol–water partition coefficient (Wildman–Crippen LogP) is 3.47. The molecule has 0 heterocycles. The first-order chi connectivity index (χ1) is 6.90. The molecule has 0 aliphatic rings. The van der Waals surface area contributed by atoms with Crippen LogP contribution in [-0.4, -0.2) is 18.8 Å². The van der Waals surface area contributed by atoms with Crippen molar-refractivity contribution < 1.29 is 0 Å². The van der Waals surface area contributed by atoms with Crippen LogP contribution < -0.4 is 5.32 Å². The third-order valence-electron chi connectivity index (χ3n) is 3.02. The Morgan fingerprint density at radius 1 is 1.33 bits per heavy atom. The Bertz CT molecular complexity index is 170. The lowest BCUT2D eigenvalue weighted by Crippen LogP contribution is -2.36. The highest BCUT2D eigenvalue weighted by Crippen LogP contribution is 2.24. The second kappa shape index (κ2) is 7.00. The molecule has 0 aliphatic carbocycles. The molecule has 0 fully saturated rings. The lowest BCUT2D eigenvalue weighted by atomic mass is 9.85. The summed E-state index contributed by atoms with van der Waals surface area (Å²) in [7, 11) is 0. The fraction of sp³-hybridized carbons (Fsp3) is 0.923. The first-order valence-corrected chi connectivity index (χ1v) is 6.13. The van der Waals surface area contributed by atoms with E-state index in [4.69, 9.17) is 5.41 Å². The van der Waals surface area contributed by atoms with Gasteiger partial charge in [-0.1, -0.05) is 41.0 Å². The Kier molecular flexibility index (Phi) is 6.82. The molecule has 15 heavy (non-hydrogen) atoms. The second-order valence-corrected chi connectivity index (χ2v) is 5.70. The summed E-state index contributed by atoms with van der Waals surface area (Å²) < 4.78 is 0. The lowest BCUT2D eigenvalue weighted by Gasteiger charge is -2.27. The maximum absolute atomic E-state index is 7.06. The van der Waals surface area contributed by atoms with Crippen LogP contribution in [0.2, 0.25) is 0 Å². The summed E-state index contributed by atoms with van der Waals surface area (Å²) in [4.78, 5) is 0. The normalized spacial score (nSPS) is 16.1. The molecule has 0 aromatic rings. The van der Waals surface area contributed by atoms with Crippen LogP contribution in [-0.2, 0) is 0 Å². The zero-order valence-corrected chi connectivity index (χ0v) is 11.1. The number of hydrogen-bond donors (Lipinski definition) is 2. The molecule has 0 aromatic carbocycles. The van der Waals surface area contributed by atoms with Crippen LogP contribution in [0, 0.1) is 16.7 Å². The first-order valence-electron chi connectivity index (χ1n) is 6.13. The van der Waals surface area contributed by atoms with Crippen molar-refractivity contribution in [2.75, 3.05) is 6.54 Å². The average Bonchev–Trinajstić information content (AvgIpc) is 2.15. The van der Waals surface area contributed by atoms with Crippen molar-refractivity contribution in [3.63, 3.8) is 0 Å². The van der Waals surface area contributed by atoms with Gasteiger partial charge in [0.1, 0.15) is 0 Å². The van der Waals surface area contributed by atoms with Crippen LogP contribution >= 0.6 is 0 Å². The Balaban J connectivity index is 4.06. The third kappa shape index (κ3) is 7.55. The summed E-state index contributed by atoms with van der Waals surface area (Å²) >= 11 is 0. The molecule has 0 saturated heterocycles. The fourth-order valence-electron chi connectivity index (χ4n) is 1.67. The average molecular weight is 212 g/mol. The molecule has 2 nitrogen and oxygen atoms in total. The maximum atomic E-state index is 7.06. The van der Waals surface area contributed by atoms with Gasteiger partial charge in [0.15, 0.2) is 0 Å². The topological polar surface area (TPSA) is 35.9 Å². The van der Waals surface area contributed by atoms with Gasteiger partial charge >= 0.3 is 0 Å². The Hall–Kier alpha value is -0.370. The van der Waals surface area contributed by atoms with E-state index in [1.165, 1.54) is 25.5 Å². The smallest absolute Gasteiger partial charge is 0.0304 e. The number of rotatable bonds is 7. The molecule has 0 aliphatic heterocycles. The van der Waals surface area contributed by atoms with Gasteiger partial charge in [-0.05, 0) is 24.2 Å². The molecule has 1 unspecified atom stereocenters. The van der Waals surface area contributed by atoms with Crippen LogP contribution in [0.4, 0.5) is 0 Å². The summed E-state index contributed by atoms with van der Waals surface area (Å²) in [6.07, 6.45) is 5.12. The van der Waals surface area contributed by atoms with Crippen molar-refractivity contribution in [2.45, 2.75) is 59.9 Å². The molecular formula is C13H28N2. The van der Waals surface area contributed by atoms with Crippen molar-refractivity contribution in [3.05, 3.63) is 0 Å². The van der Waals surface area contributed by atoms with Gasteiger partial charge < -0.3 is 10.7 Å². The van der Waals surface area contributed by atoms with Gasteiger partial charge in [0, 0.05) is 18.8 Å². The number of nitrogens with one attached hydrogen (secondary N) is 2. The van der Waals surface area contributed by atoms with Crippen molar-refractivity contribution in [2.24, 2.45) is 11.3 Å². The Morgan fingerprint density at radius 2 is 1.93 bits per heavy atom. The van der Waals surface area contributed by atoms with Crippen LogP contribution in [0.15, 0.2) is 0 Å². The molecule has 0 saturated carbocycles. The van der Waals surface area contributed by atoms with Crippen LogP contribution in [0.5, 0.6) is 0 Å². The minimum Gasteiger partial charge on any atom is -0.312 e. The minimum absolute atomic E-state index is 0.415. The maximum Gasteiger partial charge on any atom is 0.0304 e. The van der Waals surface area contributed by atoms with E-state index in [2.05, 4.69) is 39.9 Å². The SMILES string of the molecule is CCC(C)[C@H](CCC(C)(C)C)NCC=N. The zero-order chi connectivity index (χ0) is 11.9. The standard InChI is InChI=1S/C13H28N2/c1-6-11(2)12(15-10-9-14)7-8-13(3,4)5/h9,11-12,14-15H,6-8,10H2,1-5H3/t11?,12-/m0/s1. The van der Waals surface area contributed by atoms with Crippen molar-refractivity contribution in [3.8, 4) is 0 Å². The monoisotopic (exact) mass is 212 g/mol. The fourth-order valence-corrected chi connectivity index (χ4v) is 1.67. The van der Waals surface area contributed by atoms with E-state index in [9.17, 15) is 0 Å². The van der Waals surface area contributed by atoms with Gasteiger partial charge in [0.05, 0.1) is 0 Å². The van der Waals surface area contributed by atoms with E-state index in [0.29, 0.717) is 23.9 Å². The molecule has 0 radical (unpaired) electrons. The molecule has 0 amide bonds. The highest BCUT2D eigenvalue weighted by Gasteiger charge is 2.18. The summed E-state index contributed by atoms with van der Waals surface area (Å²) in [6.45, 7) is 12.1. The van der Waals surface area contributed by atoms with Gasteiger partial charge in [-0.2, -0.15) is 0 Å². The molecule has 90 valence electrons. The molecule has 2 atom stereocenters. The Labute approximate surface area is 95.4 Å². The summed E-state index contributed by atoms with van der Waals surface area (Å²) in [5.74, 6) is 0.701. The van der Waals surface area contributed by atoms with Crippen molar-refractivity contribution >= 4 is 6.21 Å². The molecule has 0 spiro atoms. The summed E-state index contributed by atoms with van der Waals surface area (Å²) in [6, 6.07) is 0.566. The highest BCUT2D eigenvalue weighted by atomic mass is 14.9. The molecule has 0 rings (SSSR count). The lowest BCUT2D eigenvalue weighted by molar-refractivity contribution is 0.289. The zero-order valence-electron chi connectivity index (χ0n) is 11.1. The van der Waals surface area contributed by atoms with E-state index in [0.717, 1.165) is 0 Å². The van der Waals surface area contributed by atoms with E-state index >= 15 is 0 Å². The Morgan fingerprint density at radius 3 is 2.33 bits per heavy atom. The van der Waals surface area contributed by atoms with Gasteiger partial charge in [-0.3, -0.25) is 0 Å². The van der Waals surface area contributed by atoms with Gasteiger partial charge in [0.25, 0.3) is 0 Å². The largest absolute Gasteiger partial charge is 0.312 e. The quantitative estimate of drug-likeness (QED) is 0.623. The predicted molar refractivity (Wildman–Crippen MR) is 68.7 cm³/mol. The van der Waals surface area contributed by atoms with E-state index in [1.54, 1.807) is 0 Å². The van der Waals surface area contributed by atoms with Crippen LogP contribution in [0.3, 0.4) is 0 Å². The van der Waals surface area contributed by atoms with Crippen molar-refractivity contribution in [1.82, 2.24) is 5.32 Å². The van der Waals surface area contributed by atoms with Crippen LogP contribution in [0.1, 0.15) is 53.9 Å². The summed E-state index contributed by atoms with van der Waals surface area (Å²) in [5, 5.41) is 10.5. The van der Waals surface area contributed by atoms with E-state index < -0.39 is 0 Å². The molecule has 0 bridgehead atoms. The highest BCUT2D eigenvalue weighted by molar-refractivity contribution is 5.55. The second-order valence-electron chi connectivity index (χ2n) is 5.70. The molecule has 2 N–H and O–H groups in total. The third-order valence-corrected chi connectivity index (χ3v) is 3.02. The number of hydrogen-bond acceptors (Lipinski definition) is 2. The van der Waals surface area contributed by atoms with E-state index in [-0.39, 0.29) is 0 Å². The van der Waals surface area contributed by atoms with Crippen LogP contribution in [0.25, 0.3) is 0 Å². The van der Waals surface area contributed by atoms with Gasteiger partial charge in [-0.15, -0.1) is 0 Å². The van der Waals surface area contributed by atoms with E-state index in [1.807, 2.05) is 0 Å². The van der Waals surface area contributed by atoms with Gasteiger partial charge in [0.2, 0.25) is 0 Å². The molecule has 0 aromatic heterocycles. The molecular weight excluding hydrogens is 184 g/mol. The minimum atomic E-state index is 0.415.